The maximum atomic E-state index is 11.9. The third-order valence-corrected chi connectivity index (χ3v) is 4.37. The van der Waals surface area contributed by atoms with Crippen LogP contribution in [0.1, 0.15) is 17.3 Å². The molecule has 1 atom stereocenters. The van der Waals surface area contributed by atoms with Crippen LogP contribution >= 0.6 is 0 Å². The molecule has 1 N–H and O–H groups in total. The molecule has 2 aromatic rings. The first-order valence-electron chi connectivity index (χ1n) is 9.59. The number of amides is 1. The number of esters is 1. The van der Waals surface area contributed by atoms with E-state index in [1.54, 1.807) is 18.2 Å². The number of nitrogens with one attached hydrogen (secondary N) is 1. The Hall–Kier alpha value is -3.75. The summed E-state index contributed by atoms with van der Waals surface area (Å²) in [5.74, 6) is 0.552. The summed E-state index contributed by atoms with van der Waals surface area (Å²) in [5.41, 5.74) is 0.458. The minimum Gasteiger partial charge on any atom is -0.493 e. The number of methoxy groups -OCH3 is 1. The number of rotatable bonds is 9. The zero-order chi connectivity index (χ0) is 22.2. The van der Waals surface area contributed by atoms with Crippen LogP contribution in [0, 0.1) is 0 Å². The predicted molar refractivity (Wildman–Crippen MR) is 109 cm³/mol. The van der Waals surface area contributed by atoms with Gasteiger partial charge >= 0.3 is 5.97 Å². The van der Waals surface area contributed by atoms with E-state index in [4.69, 9.17) is 23.7 Å². The quantitative estimate of drug-likeness (QED) is 0.475. The molecule has 1 aliphatic heterocycles. The van der Waals surface area contributed by atoms with Gasteiger partial charge in [-0.1, -0.05) is 12.1 Å². The van der Waals surface area contributed by atoms with Gasteiger partial charge in [0.05, 0.1) is 13.7 Å². The highest BCUT2D eigenvalue weighted by Gasteiger charge is 2.21. The number of Topliss-reactive ketones (excluding diaryl/α,β-unsaturated/α-hetero) is 1. The molecule has 0 fully saturated rings. The molecule has 1 aliphatic rings. The van der Waals surface area contributed by atoms with Crippen LogP contribution in [0.2, 0.25) is 0 Å². The standard InChI is InChI=1S/C22H23NO8/c1-14(24)15-7-8-18(20(9-15)27-2)29-13-22(26)30-12-21(25)23-10-16-11-28-17-5-3-4-6-19(17)31-16/h3-9,16H,10-13H2,1-2H3,(H,23,25)/t16-/m0/s1. The molecule has 0 unspecified atom stereocenters. The average Bonchev–Trinajstić information content (AvgIpc) is 2.79. The van der Waals surface area contributed by atoms with Crippen LogP contribution in [0.4, 0.5) is 0 Å². The molecule has 9 nitrogen and oxygen atoms in total. The van der Waals surface area contributed by atoms with Gasteiger partial charge in [-0.05, 0) is 37.3 Å². The highest BCUT2D eigenvalue weighted by atomic mass is 16.6. The van der Waals surface area contributed by atoms with Gasteiger partial charge in [0.1, 0.15) is 12.7 Å². The number of ketones is 1. The second-order valence-electron chi connectivity index (χ2n) is 6.67. The van der Waals surface area contributed by atoms with Crippen molar-refractivity contribution in [3.05, 3.63) is 48.0 Å². The van der Waals surface area contributed by atoms with Crippen LogP contribution < -0.4 is 24.3 Å². The summed E-state index contributed by atoms with van der Waals surface area (Å²) in [4.78, 5) is 35.2. The lowest BCUT2D eigenvalue weighted by atomic mass is 10.1. The van der Waals surface area contributed by atoms with Gasteiger partial charge < -0.3 is 29.0 Å². The lowest BCUT2D eigenvalue weighted by Crippen LogP contribution is -2.42. The zero-order valence-electron chi connectivity index (χ0n) is 17.2. The van der Waals surface area contributed by atoms with Gasteiger partial charge in [-0.25, -0.2) is 4.79 Å². The van der Waals surface area contributed by atoms with Crippen LogP contribution in [0.3, 0.4) is 0 Å². The number of ether oxygens (including phenoxy) is 5. The molecule has 0 radical (unpaired) electrons. The third kappa shape index (κ3) is 6.11. The number of hydrogen-bond acceptors (Lipinski definition) is 8. The highest BCUT2D eigenvalue weighted by Crippen LogP contribution is 2.30. The van der Waals surface area contributed by atoms with Crippen molar-refractivity contribution in [3.8, 4) is 23.0 Å². The molecule has 0 aromatic heterocycles. The van der Waals surface area contributed by atoms with Crippen LogP contribution in [0.5, 0.6) is 23.0 Å². The topological polar surface area (TPSA) is 109 Å². The molecule has 9 heteroatoms. The van der Waals surface area contributed by atoms with Crippen LogP contribution in [-0.4, -0.2) is 57.2 Å². The molecule has 3 rings (SSSR count). The Bertz CT molecular complexity index is 958. The molecule has 0 spiro atoms. The normalized spacial score (nSPS) is 14.3. The van der Waals surface area contributed by atoms with Gasteiger partial charge in [0.15, 0.2) is 42.0 Å². The Labute approximate surface area is 179 Å². The van der Waals surface area contributed by atoms with E-state index < -0.39 is 25.1 Å². The van der Waals surface area contributed by atoms with E-state index in [0.29, 0.717) is 29.4 Å². The number of fused-ring (bicyclic) bond motifs is 1. The van der Waals surface area contributed by atoms with E-state index in [2.05, 4.69) is 5.32 Å². The van der Waals surface area contributed by atoms with Gasteiger partial charge in [0.2, 0.25) is 0 Å². The maximum Gasteiger partial charge on any atom is 0.344 e. The number of carbonyl (C=O) groups excluding carboxylic acids is 3. The van der Waals surface area contributed by atoms with E-state index in [9.17, 15) is 14.4 Å². The van der Waals surface area contributed by atoms with E-state index in [1.807, 2.05) is 12.1 Å². The molecule has 1 heterocycles. The lowest BCUT2D eigenvalue weighted by molar-refractivity contribution is -0.150. The van der Waals surface area contributed by atoms with Crippen molar-refractivity contribution < 1.29 is 38.1 Å². The summed E-state index contributed by atoms with van der Waals surface area (Å²) < 4.78 is 26.8. The fraction of sp³-hybridized carbons (Fsp3) is 0.318. The van der Waals surface area contributed by atoms with Gasteiger partial charge in [0.25, 0.3) is 5.91 Å². The van der Waals surface area contributed by atoms with Crippen LogP contribution in [-0.2, 0) is 14.3 Å². The van der Waals surface area contributed by atoms with E-state index in [1.165, 1.54) is 26.2 Å². The largest absolute Gasteiger partial charge is 0.493 e. The first kappa shape index (κ1) is 21.9. The summed E-state index contributed by atoms with van der Waals surface area (Å²) in [6.45, 7) is 1.08. The predicted octanol–water partition coefficient (Wildman–Crippen LogP) is 1.78. The lowest BCUT2D eigenvalue weighted by Gasteiger charge is -2.26. The maximum absolute atomic E-state index is 11.9. The molecular formula is C22H23NO8. The minimum atomic E-state index is -0.723. The van der Waals surface area contributed by atoms with Gasteiger partial charge in [-0.2, -0.15) is 0 Å². The number of carbonyl (C=O) groups is 3. The first-order chi connectivity index (χ1) is 15.0. The first-order valence-corrected chi connectivity index (χ1v) is 9.59. The summed E-state index contributed by atoms with van der Waals surface area (Å²) in [7, 11) is 1.43. The van der Waals surface area contributed by atoms with E-state index >= 15 is 0 Å². The van der Waals surface area contributed by atoms with Crippen molar-refractivity contribution in [1.82, 2.24) is 5.32 Å². The van der Waals surface area contributed by atoms with Gasteiger partial charge in [-0.3, -0.25) is 9.59 Å². The Kier molecular flexibility index (Phi) is 7.31. The zero-order valence-corrected chi connectivity index (χ0v) is 17.2. The second-order valence-corrected chi connectivity index (χ2v) is 6.67. The minimum absolute atomic E-state index is 0.121. The van der Waals surface area contributed by atoms with Crippen molar-refractivity contribution in [2.45, 2.75) is 13.0 Å². The second kappa shape index (κ2) is 10.3. The molecular weight excluding hydrogens is 406 g/mol. The average molecular weight is 429 g/mol. The van der Waals surface area contributed by atoms with Crippen molar-refractivity contribution in [1.29, 1.82) is 0 Å². The Balaban J connectivity index is 1.38. The molecule has 0 saturated heterocycles. The highest BCUT2D eigenvalue weighted by molar-refractivity contribution is 5.94. The molecule has 164 valence electrons. The smallest absolute Gasteiger partial charge is 0.344 e. The molecule has 1 amide bonds. The van der Waals surface area contributed by atoms with Crippen LogP contribution in [0.25, 0.3) is 0 Å². The Morgan fingerprint density at radius 1 is 1.06 bits per heavy atom. The fourth-order valence-electron chi connectivity index (χ4n) is 2.77. The monoisotopic (exact) mass is 429 g/mol. The third-order valence-electron chi connectivity index (χ3n) is 4.37. The number of para-hydroxylation sites is 2. The number of benzene rings is 2. The summed E-state index contributed by atoms with van der Waals surface area (Å²) >= 11 is 0. The Morgan fingerprint density at radius 2 is 1.84 bits per heavy atom. The molecule has 2 aromatic carbocycles. The molecule has 0 aliphatic carbocycles. The Morgan fingerprint density at radius 3 is 2.58 bits per heavy atom. The molecule has 0 bridgehead atoms. The molecule has 0 saturated carbocycles. The number of hydrogen-bond donors (Lipinski definition) is 1. The van der Waals surface area contributed by atoms with Crippen molar-refractivity contribution in [3.63, 3.8) is 0 Å². The SMILES string of the molecule is COc1cc(C(C)=O)ccc1OCC(=O)OCC(=O)NC[C@H]1COc2ccccc2O1. The summed E-state index contributed by atoms with van der Waals surface area (Å²) in [5, 5.41) is 2.63. The van der Waals surface area contributed by atoms with Crippen molar-refractivity contribution in [2.24, 2.45) is 0 Å². The summed E-state index contributed by atoms with van der Waals surface area (Å²) in [6, 6.07) is 11.9. The van der Waals surface area contributed by atoms with E-state index in [-0.39, 0.29) is 24.2 Å². The molecule has 31 heavy (non-hydrogen) atoms. The summed E-state index contributed by atoms with van der Waals surface area (Å²) in [6.07, 6.45) is -0.344. The van der Waals surface area contributed by atoms with Gasteiger partial charge in [0, 0.05) is 5.56 Å². The van der Waals surface area contributed by atoms with E-state index in [0.717, 1.165) is 0 Å². The van der Waals surface area contributed by atoms with Gasteiger partial charge in [-0.15, -0.1) is 0 Å². The van der Waals surface area contributed by atoms with Crippen molar-refractivity contribution in [2.75, 3.05) is 33.5 Å². The van der Waals surface area contributed by atoms with Crippen molar-refractivity contribution >= 4 is 17.7 Å². The fourth-order valence-corrected chi connectivity index (χ4v) is 2.77. The van der Waals surface area contributed by atoms with Crippen LogP contribution in [0.15, 0.2) is 42.5 Å².